The van der Waals surface area contributed by atoms with Crippen LogP contribution >= 0.6 is 0 Å². The highest BCUT2D eigenvalue weighted by molar-refractivity contribution is 5.70. The maximum absolute atomic E-state index is 11.5. The number of carbonyl (C=O) groups is 1. The van der Waals surface area contributed by atoms with Crippen molar-refractivity contribution < 1.29 is 9.53 Å². The molecule has 0 aliphatic carbocycles. The average molecular weight is 306 g/mol. The van der Waals surface area contributed by atoms with Gasteiger partial charge in [0.2, 0.25) is 0 Å². The van der Waals surface area contributed by atoms with Crippen LogP contribution in [-0.2, 0) is 9.53 Å². The van der Waals surface area contributed by atoms with E-state index in [1.165, 1.54) is 5.56 Å². The van der Waals surface area contributed by atoms with E-state index >= 15 is 0 Å². The second-order valence-corrected chi connectivity index (χ2v) is 5.65. The quantitative estimate of drug-likeness (QED) is 0.616. The highest BCUT2D eigenvalue weighted by atomic mass is 16.5. The first kappa shape index (κ1) is 16.8. The van der Waals surface area contributed by atoms with Crippen molar-refractivity contribution in [3.63, 3.8) is 0 Å². The maximum Gasteiger partial charge on any atom is 0.306 e. The van der Waals surface area contributed by atoms with Crippen molar-refractivity contribution in [3.05, 3.63) is 70.8 Å². The van der Waals surface area contributed by atoms with Crippen LogP contribution in [0.3, 0.4) is 0 Å². The summed E-state index contributed by atoms with van der Waals surface area (Å²) in [6.45, 7) is 6.35. The fourth-order valence-electron chi connectivity index (χ4n) is 2.26. The molecule has 2 nitrogen and oxygen atoms in total. The smallest absolute Gasteiger partial charge is 0.306 e. The standard InChI is InChI=1S/C21H22O2/c1-4-23-21(22)15-17(3)20-13-11-19(12-14-20)10-9-18-7-5-16(2)6-8-18/h5-8,11-14,17H,4,15H2,1-3H3. The van der Waals surface area contributed by atoms with Crippen LogP contribution in [0.1, 0.15) is 48.4 Å². The van der Waals surface area contributed by atoms with Gasteiger partial charge in [0.05, 0.1) is 13.0 Å². The fourth-order valence-corrected chi connectivity index (χ4v) is 2.26. The van der Waals surface area contributed by atoms with Crippen LogP contribution in [0, 0.1) is 18.8 Å². The Labute approximate surface area is 138 Å². The predicted octanol–water partition coefficient (Wildman–Crippen LogP) is 4.45. The minimum Gasteiger partial charge on any atom is -0.466 e. The van der Waals surface area contributed by atoms with Gasteiger partial charge in [-0.1, -0.05) is 48.6 Å². The first-order valence-corrected chi connectivity index (χ1v) is 7.92. The molecule has 118 valence electrons. The lowest BCUT2D eigenvalue weighted by Crippen LogP contribution is -2.08. The number of hydrogen-bond acceptors (Lipinski definition) is 2. The molecule has 0 fully saturated rings. The lowest BCUT2D eigenvalue weighted by Gasteiger charge is -2.11. The molecule has 2 aromatic carbocycles. The van der Waals surface area contributed by atoms with E-state index in [2.05, 4.69) is 30.9 Å². The van der Waals surface area contributed by atoms with E-state index in [4.69, 9.17) is 4.74 Å². The third kappa shape index (κ3) is 5.30. The van der Waals surface area contributed by atoms with Crippen LogP contribution in [0.2, 0.25) is 0 Å². The molecule has 0 bridgehead atoms. The Kier molecular flexibility index (Phi) is 6.00. The second-order valence-electron chi connectivity index (χ2n) is 5.65. The van der Waals surface area contributed by atoms with Gasteiger partial charge in [0, 0.05) is 11.1 Å². The molecule has 0 saturated heterocycles. The minimum absolute atomic E-state index is 0.146. The maximum atomic E-state index is 11.5. The number of esters is 1. The van der Waals surface area contributed by atoms with Gasteiger partial charge >= 0.3 is 5.97 Å². The van der Waals surface area contributed by atoms with Crippen molar-refractivity contribution in [1.82, 2.24) is 0 Å². The summed E-state index contributed by atoms with van der Waals surface area (Å²) in [7, 11) is 0. The molecule has 0 amide bonds. The van der Waals surface area contributed by atoms with Gasteiger partial charge in [0.15, 0.2) is 0 Å². The zero-order valence-corrected chi connectivity index (χ0v) is 13.9. The fraction of sp³-hybridized carbons (Fsp3) is 0.286. The molecule has 0 aromatic heterocycles. The zero-order valence-electron chi connectivity index (χ0n) is 13.9. The minimum atomic E-state index is -0.150. The van der Waals surface area contributed by atoms with Gasteiger partial charge in [0.1, 0.15) is 0 Å². The van der Waals surface area contributed by atoms with E-state index in [0.717, 1.165) is 16.7 Å². The highest BCUT2D eigenvalue weighted by Crippen LogP contribution is 2.20. The number of benzene rings is 2. The van der Waals surface area contributed by atoms with E-state index in [1.54, 1.807) is 0 Å². The van der Waals surface area contributed by atoms with Crippen LogP contribution in [0.15, 0.2) is 48.5 Å². The number of hydrogen-bond donors (Lipinski definition) is 0. The summed E-state index contributed by atoms with van der Waals surface area (Å²) in [5.74, 6) is 6.32. The van der Waals surface area contributed by atoms with Gasteiger partial charge in [-0.15, -0.1) is 0 Å². The van der Waals surface area contributed by atoms with Crippen molar-refractivity contribution in [2.45, 2.75) is 33.1 Å². The Balaban J connectivity index is 2.02. The third-order valence-corrected chi connectivity index (χ3v) is 3.66. The van der Waals surface area contributed by atoms with Gasteiger partial charge in [-0.05, 0) is 49.6 Å². The zero-order chi connectivity index (χ0) is 16.7. The Hall–Kier alpha value is -2.53. The number of ether oxygens (including phenoxy) is 1. The van der Waals surface area contributed by atoms with E-state index in [9.17, 15) is 4.79 Å². The first-order valence-electron chi connectivity index (χ1n) is 7.92. The third-order valence-electron chi connectivity index (χ3n) is 3.66. The van der Waals surface area contributed by atoms with Crippen molar-refractivity contribution >= 4 is 5.97 Å². The van der Waals surface area contributed by atoms with Gasteiger partial charge in [-0.3, -0.25) is 4.79 Å². The summed E-state index contributed by atoms with van der Waals surface area (Å²) in [5.41, 5.74) is 4.34. The first-order chi connectivity index (χ1) is 11.1. The molecular weight excluding hydrogens is 284 g/mol. The summed E-state index contributed by atoms with van der Waals surface area (Å²) >= 11 is 0. The molecule has 0 spiro atoms. The van der Waals surface area contributed by atoms with Crippen LogP contribution in [0.25, 0.3) is 0 Å². The Morgan fingerprint density at radius 2 is 1.52 bits per heavy atom. The Morgan fingerprint density at radius 1 is 1.00 bits per heavy atom. The van der Waals surface area contributed by atoms with E-state index in [-0.39, 0.29) is 11.9 Å². The number of rotatable bonds is 4. The molecule has 0 N–H and O–H groups in total. The molecule has 1 unspecified atom stereocenters. The van der Waals surface area contributed by atoms with Crippen molar-refractivity contribution in [1.29, 1.82) is 0 Å². The monoisotopic (exact) mass is 306 g/mol. The SMILES string of the molecule is CCOC(=O)CC(C)c1ccc(C#Cc2ccc(C)cc2)cc1. The normalized spacial score (nSPS) is 11.3. The summed E-state index contributed by atoms with van der Waals surface area (Å²) < 4.78 is 4.99. The van der Waals surface area contributed by atoms with Gasteiger partial charge in [-0.25, -0.2) is 0 Å². The van der Waals surface area contributed by atoms with E-state index in [1.807, 2.05) is 50.2 Å². The van der Waals surface area contributed by atoms with Gasteiger partial charge < -0.3 is 4.74 Å². The molecule has 1 atom stereocenters. The van der Waals surface area contributed by atoms with Crippen LogP contribution < -0.4 is 0 Å². The largest absolute Gasteiger partial charge is 0.466 e. The molecule has 23 heavy (non-hydrogen) atoms. The molecule has 2 rings (SSSR count). The molecule has 2 aromatic rings. The van der Waals surface area contributed by atoms with E-state index < -0.39 is 0 Å². The molecule has 0 radical (unpaired) electrons. The van der Waals surface area contributed by atoms with Crippen molar-refractivity contribution in [2.75, 3.05) is 6.61 Å². The van der Waals surface area contributed by atoms with Crippen molar-refractivity contribution in [2.24, 2.45) is 0 Å². The Morgan fingerprint density at radius 3 is 2.04 bits per heavy atom. The topological polar surface area (TPSA) is 26.3 Å². The molecule has 0 saturated carbocycles. The van der Waals surface area contributed by atoms with Crippen molar-refractivity contribution in [3.8, 4) is 11.8 Å². The Bertz CT molecular complexity index is 700. The molecular formula is C21H22O2. The predicted molar refractivity (Wildman–Crippen MR) is 93.3 cm³/mol. The van der Waals surface area contributed by atoms with Gasteiger partial charge in [0.25, 0.3) is 0 Å². The molecule has 0 heterocycles. The number of aryl methyl sites for hydroxylation is 1. The van der Waals surface area contributed by atoms with Crippen LogP contribution in [-0.4, -0.2) is 12.6 Å². The lowest BCUT2D eigenvalue weighted by molar-refractivity contribution is -0.143. The molecule has 0 aliphatic heterocycles. The lowest BCUT2D eigenvalue weighted by atomic mass is 9.97. The summed E-state index contributed by atoms with van der Waals surface area (Å²) in [6, 6.07) is 16.2. The van der Waals surface area contributed by atoms with E-state index in [0.29, 0.717) is 13.0 Å². The summed E-state index contributed by atoms with van der Waals surface area (Å²) in [5, 5.41) is 0. The average Bonchev–Trinajstić information content (AvgIpc) is 2.55. The molecule has 2 heteroatoms. The summed E-state index contributed by atoms with van der Waals surface area (Å²) in [6.07, 6.45) is 0.405. The van der Waals surface area contributed by atoms with Crippen LogP contribution in [0.5, 0.6) is 0 Å². The van der Waals surface area contributed by atoms with Crippen LogP contribution in [0.4, 0.5) is 0 Å². The second kappa shape index (κ2) is 8.19. The summed E-state index contributed by atoms with van der Waals surface area (Å²) in [4.78, 5) is 11.5. The highest BCUT2D eigenvalue weighted by Gasteiger charge is 2.11. The molecule has 0 aliphatic rings. The number of carbonyl (C=O) groups excluding carboxylic acids is 1. The van der Waals surface area contributed by atoms with Gasteiger partial charge in [-0.2, -0.15) is 0 Å².